The molecule has 1 aromatic carbocycles. The molecule has 0 atom stereocenters. The molecule has 0 fully saturated rings. The highest BCUT2D eigenvalue weighted by Gasteiger charge is 2.08. The lowest BCUT2D eigenvalue weighted by Crippen LogP contribution is -2.01. The lowest BCUT2D eigenvalue weighted by molar-refractivity contribution is 0.0702. The predicted molar refractivity (Wildman–Crippen MR) is 69.7 cm³/mol. The summed E-state index contributed by atoms with van der Waals surface area (Å²) in [6, 6.07) is 8.16. The van der Waals surface area contributed by atoms with E-state index in [9.17, 15) is 9.18 Å². The Labute approximate surface area is 108 Å². The molecule has 0 radical (unpaired) electrons. The van der Waals surface area contributed by atoms with E-state index in [-0.39, 0.29) is 10.7 Å². The Bertz CT molecular complexity index is 560. The molecule has 5 heteroatoms. The number of carbonyl (C=O) groups is 1. The van der Waals surface area contributed by atoms with Crippen LogP contribution in [0.5, 0.6) is 0 Å². The zero-order valence-electron chi connectivity index (χ0n) is 9.74. The van der Waals surface area contributed by atoms with Crippen molar-refractivity contribution in [2.24, 2.45) is 0 Å². The number of nitrogens with one attached hydrogen (secondary N) is 1. The number of halogens is 1. The van der Waals surface area contributed by atoms with E-state index in [0.29, 0.717) is 12.2 Å². The van der Waals surface area contributed by atoms with Crippen molar-refractivity contribution in [3.63, 3.8) is 0 Å². The van der Waals surface area contributed by atoms with Gasteiger partial charge in [-0.1, -0.05) is 12.1 Å². The topological polar surface area (TPSA) is 49.3 Å². The highest BCUT2D eigenvalue weighted by atomic mass is 32.1. The zero-order chi connectivity index (χ0) is 13.1. The Morgan fingerprint density at radius 1 is 1.39 bits per heavy atom. The first-order valence-corrected chi connectivity index (χ1v) is 6.20. The van der Waals surface area contributed by atoms with E-state index in [2.05, 4.69) is 5.32 Å². The molecule has 0 saturated heterocycles. The molecule has 0 unspecified atom stereocenters. The highest BCUT2D eigenvalue weighted by Crippen LogP contribution is 2.22. The number of hydrogen-bond donors (Lipinski definition) is 2. The number of rotatable bonds is 4. The second kappa shape index (κ2) is 5.18. The summed E-state index contributed by atoms with van der Waals surface area (Å²) in [6.07, 6.45) is 0. The quantitative estimate of drug-likeness (QED) is 0.889. The molecule has 0 aliphatic carbocycles. The van der Waals surface area contributed by atoms with E-state index in [1.54, 1.807) is 18.2 Å². The van der Waals surface area contributed by atoms with Crippen LogP contribution in [0.1, 0.15) is 20.1 Å². The van der Waals surface area contributed by atoms with Crippen molar-refractivity contribution in [2.75, 3.05) is 5.32 Å². The molecule has 0 amide bonds. The second-order valence-electron chi connectivity index (χ2n) is 3.86. The number of hydrogen-bond acceptors (Lipinski definition) is 3. The number of aromatic carboxylic acids is 1. The Kier molecular flexibility index (Phi) is 3.62. The van der Waals surface area contributed by atoms with E-state index >= 15 is 0 Å². The van der Waals surface area contributed by atoms with E-state index in [0.717, 1.165) is 10.4 Å². The minimum absolute atomic E-state index is 0.289. The molecule has 2 rings (SSSR count). The van der Waals surface area contributed by atoms with Gasteiger partial charge in [-0.15, -0.1) is 11.3 Å². The number of anilines is 1. The molecule has 0 bridgehead atoms. The second-order valence-corrected chi connectivity index (χ2v) is 5.02. The van der Waals surface area contributed by atoms with E-state index < -0.39 is 5.97 Å². The summed E-state index contributed by atoms with van der Waals surface area (Å²) in [4.78, 5) is 11.9. The van der Waals surface area contributed by atoms with Gasteiger partial charge in [0.15, 0.2) is 0 Å². The smallest absolute Gasteiger partial charge is 0.345 e. The molecule has 2 aromatic rings. The Balaban J connectivity index is 2.09. The highest BCUT2D eigenvalue weighted by molar-refractivity contribution is 7.13. The zero-order valence-corrected chi connectivity index (χ0v) is 10.6. The summed E-state index contributed by atoms with van der Waals surface area (Å²) in [5, 5.41) is 11.8. The summed E-state index contributed by atoms with van der Waals surface area (Å²) < 4.78 is 13.5. The third-order valence-electron chi connectivity index (χ3n) is 2.53. The van der Waals surface area contributed by atoms with Crippen LogP contribution in [0.3, 0.4) is 0 Å². The van der Waals surface area contributed by atoms with Gasteiger partial charge in [0, 0.05) is 11.4 Å². The SMILES string of the molecule is Cc1cccc(F)c1NCc1ccc(C(=O)O)s1. The molecule has 18 heavy (non-hydrogen) atoms. The van der Waals surface area contributed by atoms with E-state index in [1.165, 1.54) is 17.4 Å². The molecule has 2 N–H and O–H groups in total. The van der Waals surface area contributed by atoms with Gasteiger partial charge in [0.2, 0.25) is 0 Å². The van der Waals surface area contributed by atoms with Crippen LogP contribution in [-0.2, 0) is 6.54 Å². The van der Waals surface area contributed by atoms with Gasteiger partial charge < -0.3 is 10.4 Å². The number of para-hydroxylation sites is 1. The predicted octanol–water partition coefficient (Wildman–Crippen LogP) is 3.51. The molecule has 0 saturated carbocycles. The molecule has 0 aliphatic heterocycles. The van der Waals surface area contributed by atoms with Crippen LogP contribution in [0, 0.1) is 12.7 Å². The average molecular weight is 265 g/mol. The standard InChI is InChI=1S/C13H12FNO2S/c1-8-3-2-4-10(14)12(8)15-7-9-5-6-11(18-9)13(16)17/h2-6,15H,7H2,1H3,(H,16,17). The Morgan fingerprint density at radius 2 is 2.17 bits per heavy atom. The molecule has 1 heterocycles. The lowest BCUT2D eigenvalue weighted by Gasteiger charge is -2.09. The number of carboxylic acid groups (broad SMARTS) is 1. The maximum Gasteiger partial charge on any atom is 0.345 e. The first-order chi connectivity index (χ1) is 8.58. The van der Waals surface area contributed by atoms with E-state index in [1.807, 2.05) is 13.0 Å². The Hall–Kier alpha value is -1.88. The van der Waals surface area contributed by atoms with Crippen LogP contribution in [0.4, 0.5) is 10.1 Å². The normalized spacial score (nSPS) is 10.3. The fourth-order valence-electron chi connectivity index (χ4n) is 1.62. The molecule has 1 aromatic heterocycles. The maximum absolute atomic E-state index is 13.5. The van der Waals surface area contributed by atoms with Gasteiger partial charge in [-0.3, -0.25) is 0 Å². The number of carboxylic acids is 1. The summed E-state index contributed by atoms with van der Waals surface area (Å²) in [7, 11) is 0. The third-order valence-corrected chi connectivity index (χ3v) is 3.61. The van der Waals surface area contributed by atoms with Crippen LogP contribution in [-0.4, -0.2) is 11.1 Å². The third kappa shape index (κ3) is 2.68. The minimum atomic E-state index is -0.937. The molecular formula is C13H12FNO2S. The van der Waals surface area contributed by atoms with Crippen LogP contribution in [0.2, 0.25) is 0 Å². The summed E-state index contributed by atoms with van der Waals surface area (Å²) in [5.74, 6) is -1.24. The first-order valence-electron chi connectivity index (χ1n) is 5.39. The van der Waals surface area contributed by atoms with Gasteiger partial charge in [-0.05, 0) is 30.7 Å². The van der Waals surface area contributed by atoms with Gasteiger partial charge in [-0.25, -0.2) is 9.18 Å². The van der Waals surface area contributed by atoms with Crippen LogP contribution in [0.15, 0.2) is 30.3 Å². The van der Waals surface area contributed by atoms with Crippen molar-refractivity contribution in [1.82, 2.24) is 0 Å². The van der Waals surface area contributed by atoms with Crippen LogP contribution < -0.4 is 5.32 Å². The monoisotopic (exact) mass is 265 g/mol. The minimum Gasteiger partial charge on any atom is -0.477 e. The number of thiophene rings is 1. The molecule has 94 valence electrons. The van der Waals surface area contributed by atoms with Gasteiger partial charge in [-0.2, -0.15) is 0 Å². The molecule has 0 aliphatic rings. The summed E-state index contributed by atoms with van der Waals surface area (Å²) in [5.41, 5.74) is 1.28. The largest absolute Gasteiger partial charge is 0.477 e. The molecular weight excluding hydrogens is 253 g/mol. The first kappa shape index (κ1) is 12.6. The van der Waals surface area contributed by atoms with Crippen molar-refractivity contribution in [2.45, 2.75) is 13.5 Å². The summed E-state index contributed by atoms with van der Waals surface area (Å²) >= 11 is 1.19. The fraction of sp³-hybridized carbons (Fsp3) is 0.154. The van der Waals surface area contributed by atoms with Crippen molar-refractivity contribution >= 4 is 23.0 Å². The van der Waals surface area contributed by atoms with Crippen LogP contribution in [0.25, 0.3) is 0 Å². The molecule has 3 nitrogen and oxygen atoms in total. The number of aryl methyl sites for hydroxylation is 1. The van der Waals surface area contributed by atoms with Gasteiger partial charge >= 0.3 is 5.97 Å². The Morgan fingerprint density at radius 3 is 2.78 bits per heavy atom. The van der Waals surface area contributed by atoms with Crippen molar-refractivity contribution < 1.29 is 14.3 Å². The lowest BCUT2D eigenvalue weighted by atomic mass is 10.2. The van der Waals surface area contributed by atoms with Gasteiger partial charge in [0.1, 0.15) is 10.7 Å². The van der Waals surface area contributed by atoms with Gasteiger partial charge in [0.05, 0.1) is 5.69 Å². The van der Waals surface area contributed by atoms with Crippen molar-refractivity contribution in [3.05, 3.63) is 51.5 Å². The van der Waals surface area contributed by atoms with Gasteiger partial charge in [0.25, 0.3) is 0 Å². The maximum atomic E-state index is 13.5. The summed E-state index contributed by atoms with van der Waals surface area (Å²) in [6.45, 7) is 2.24. The van der Waals surface area contributed by atoms with Crippen LogP contribution >= 0.6 is 11.3 Å². The van der Waals surface area contributed by atoms with E-state index in [4.69, 9.17) is 5.11 Å². The molecule has 0 spiro atoms. The fourth-order valence-corrected chi connectivity index (χ4v) is 2.41. The number of benzene rings is 1. The van der Waals surface area contributed by atoms with Crippen molar-refractivity contribution in [1.29, 1.82) is 0 Å². The average Bonchev–Trinajstić information content (AvgIpc) is 2.77. The van der Waals surface area contributed by atoms with Crippen molar-refractivity contribution in [3.8, 4) is 0 Å².